The van der Waals surface area contributed by atoms with Crippen LogP contribution in [-0.4, -0.2) is 26.2 Å². The molecule has 1 aromatic carbocycles. The molecule has 0 bridgehead atoms. The van der Waals surface area contributed by atoms with E-state index in [0.29, 0.717) is 11.6 Å². The summed E-state index contributed by atoms with van der Waals surface area (Å²) in [6.07, 6.45) is 1.27. The van der Waals surface area contributed by atoms with Crippen molar-refractivity contribution in [3.63, 3.8) is 0 Å². The van der Waals surface area contributed by atoms with Crippen LogP contribution in [0, 0.1) is 5.92 Å². The largest absolute Gasteiger partial charge is 0.492 e. The molecule has 1 aliphatic heterocycles. The average molecular weight is 269 g/mol. The van der Waals surface area contributed by atoms with Crippen LogP contribution in [0.2, 0.25) is 5.02 Å². The normalized spacial score (nSPS) is 19.1. The Morgan fingerprint density at radius 2 is 2.39 bits per heavy atom. The predicted octanol–water partition coefficient (Wildman–Crippen LogP) is 2.44. The SMILES string of the molecule is CCOc1ccc(CNCC2CCNC2)cc1Cl. The van der Waals surface area contributed by atoms with Gasteiger partial charge in [0, 0.05) is 6.54 Å². The van der Waals surface area contributed by atoms with E-state index in [1.165, 1.54) is 12.0 Å². The zero-order valence-electron chi connectivity index (χ0n) is 10.8. The van der Waals surface area contributed by atoms with Gasteiger partial charge in [-0.1, -0.05) is 17.7 Å². The van der Waals surface area contributed by atoms with Gasteiger partial charge in [-0.3, -0.25) is 0 Å². The molecule has 1 aromatic rings. The van der Waals surface area contributed by atoms with Gasteiger partial charge in [0.25, 0.3) is 0 Å². The maximum absolute atomic E-state index is 6.15. The van der Waals surface area contributed by atoms with Crippen LogP contribution in [0.1, 0.15) is 18.9 Å². The van der Waals surface area contributed by atoms with Crippen molar-refractivity contribution in [1.82, 2.24) is 10.6 Å². The second kappa shape index (κ2) is 6.98. The smallest absolute Gasteiger partial charge is 0.137 e. The average Bonchev–Trinajstić information content (AvgIpc) is 2.86. The lowest BCUT2D eigenvalue weighted by atomic mass is 10.1. The lowest BCUT2D eigenvalue weighted by Gasteiger charge is -2.11. The highest BCUT2D eigenvalue weighted by atomic mass is 35.5. The molecule has 2 N–H and O–H groups in total. The minimum absolute atomic E-state index is 0.645. The first-order chi connectivity index (χ1) is 8.79. The third kappa shape index (κ3) is 3.87. The third-order valence-corrected chi connectivity index (χ3v) is 3.52. The van der Waals surface area contributed by atoms with Crippen molar-refractivity contribution in [1.29, 1.82) is 0 Å². The summed E-state index contributed by atoms with van der Waals surface area (Å²) < 4.78 is 5.42. The standard InChI is InChI=1S/C14H21ClN2O/c1-2-18-14-4-3-11(7-13(14)15)8-17-10-12-5-6-16-9-12/h3-4,7,12,16-17H,2,5-6,8-10H2,1H3. The second-order valence-corrected chi connectivity index (χ2v) is 5.09. The van der Waals surface area contributed by atoms with Crippen LogP contribution in [0.5, 0.6) is 5.75 Å². The first-order valence-corrected chi connectivity index (χ1v) is 7.00. The quantitative estimate of drug-likeness (QED) is 0.831. The summed E-state index contributed by atoms with van der Waals surface area (Å²) in [5.74, 6) is 1.53. The highest BCUT2D eigenvalue weighted by Gasteiger charge is 2.13. The zero-order valence-corrected chi connectivity index (χ0v) is 11.6. The van der Waals surface area contributed by atoms with Crippen LogP contribution in [0.4, 0.5) is 0 Å². The van der Waals surface area contributed by atoms with Gasteiger partial charge in [0.15, 0.2) is 0 Å². The Morgan fingerprint density at radius 1 is 1.50 bits per heavy atom. The van der Waals surface area contributed by atoms with Crippen LogP contribution in [0.25, 0.3) is 0 Å². The number of hydrogen-bond acceptors (Lipinski definition) is 3. The molecule has 0 aliphatic carbocycles. The van der Waals surface area contributed by atoms with Gasteiger partial charge in [0.2, 0.25) is 0 Å². The van der Waals surface area contributed by atoms with Crippen LogP contribution < -0.4 is 15.4 Å². The van der Waals surface area contributed by atoms with Gasteiger partial charge in [0.05, 0.1) is 11.6 Å². The summed E-state index contributed by atoms with van der Waals surface area (Å²) in [7, 11) is 0. The summed E-state index contributed by atoms with van der Waals surface area (Å²) in [6.45, 7) is 6.83. The van der Waals surface area contributed by atoms with Gasteiger partial charge >= 0.3 is 0 Å². The molecule has 0 spiro atoms. The van der Waals surface area contributed by atoms with Gasteiger partial charge in [0.1, 0.15) is 5.75 Å². The fraction of sp³-hybridized carbons (Fsp3) is 0.571. The van der Waals surface area contributed by atoms with Gasteiger partial charge in [-0.25, -0.2) is 0 Å². The van der Waals surface area contributed by atoms with E-state index in [1.807, 2.05) is 19.1 Å². The maximum atomic E-state index is 6.15. The Labute approximate surface area is 114 Å². The predicted molar refractivity (Wildman–Crippen MR) is 75.3 cm³/mol. The third-order valence-electron chi connectivity index (χ3n) is 3.22. The highest BCUT2D eigenvalue weighted by molar-refractivity contribution is 6.32. The van der Waals surface area contributed by atoms with Crippen molar-refractivity contribution in [2.45, 2.75) is 19.9 Å². The van der Waals surface area contributed by atoms with Crippen molar-refractivity contribution < 1.29 is 4.74 Å². The molecule has 18 heavy (non-hydrogen) atoms. The fourth-order valence-corrected chi connectivity index (χ4v) is 2.49. The van der Waals surface area contributed by atoms with E-state index in [0.717, 1.165) is 37.8 Å². The van der Waals surface area contributed by atoms with Crippen molar-refractivity contribution in [3.8, 4) is 5.75 Å². The molecule has 1 heterocycles. The monoisotopic (exact) mass is 268 g/mol. The summed E-state index contributed by atoms with van der Waals surface area (Å²) in [5.41, 5.74) is 1.20. The molecule has 1 saturated heterocycles. The van der Waals surface area contributed by atoms with Gasteiger partial charge in [-0.15, -0.1) is 0 Å². The first-order valence-electron chi connectivity index (χ1n) is 6.62. The zero-order chi connectivity index (χ0) is 12.8. The number of ether oxygens (including phenoxy) is 1. The number of nitrogens with one attached hydrogen (secondary N) is 2. The molecule has 1 atom stereocenters. The molecule has 0 amide bonds. The van der Waals surface area contributed by atoms with Gasteiger partial charge in [-0.05, 0) is 56.6 Å². The Morgan fingerprint density at radius 3 is 3.06 bits per heavy atom. The van der Waals surface area contributed by atoms with Crippen LogP contribution >= 0.6 is 11.6 Å². The highest BCUT2D eigenvalue weighted by Crippen LogP contribution is 2.25. The van der Waals surface area contributed by atoms with E-state index in [9.17, 15) is 0 Å². The number of benzene rings is 1. The summed E-state index contributed by atoms with van der Waals surface area (Å²) in [5, 5.41) is 7.55. The van der Waals surface area contributed by atoms with E-state index in [2.05, 4.69) is 16.7 Å². The van der Waals surface area contributed by atoms with E-state index < -0.39 is 0 Å². The second-order valence-electron chi connectivity index (χ2n) is 4.69. The van der Waals surface area contributed by atoms with Crippen molar-refractivity contribution >= 4 is 11.6 Å². The molecule has 1 fully saturated rings. The van der Waals surface area contributed by atoms with Crippen LogP contribution in [0.15, 0.2) is 18.2 Å². The van der Waals surface area contributed by atoms with Gasteiger partial charge in [-0.2, -0.15) is 0 Å². The Balaban J connectivity index is 1.80. The fourth-order valence-electron chi connectivity index (χ4n) is 2.24. The van der Waals surface area contributed by atoms with Crippen molar-refractivity contribution in [2.75, 3.05) is 26.2 Å². The Kier molecular flexibility index (Phi) is 5.29. The molecule has 0 radical (unpaired) electrons. The van der Waals surface area contributed by atoms with E-state index in [-0.39, 0.29) is 0 Å². The Bertz CT molecular complexity index is 378. The van der Waals surface area contributed by atoms with Gasteiger partial charge < -0.3 is 15.4 Å². The summed E-state index contributed by atoms with van der Waals surface area (Å²) in [4.78, 5) is 0. The molecule has 0 aromatic heterocycles. The molecule has 2 rings (SSSR count). The minimum atomic E-state index is 0.645. The minimum Gasteiger partial charge on any atom is -0.492 e. The van der Waals surface area contributed by atoms with Crippen molar-refractivity contribution in [3.05, 3.63) is 28.8 Å². The van der Waals surface area contributed by atoms with Crippen LogP contribution in [0.3, 0.4) is 0 Å². The van der Waals surface area contributed by atoms with Crippen molar-refractivity contribution in [2.24, 2.45) is 5.92 Å². The summed E-state index contributed by atoms with van der Waals surface area (Å²) in [6, 6.07) is 5.99. The number of rotatable bonds is 6. The summed E-state index contributed by atoms with van der Waals surface area (Å²) >= 11 is 6.15. The Hall–Kier alpha value is -0.770. The van der Waals surface area contributed by atoms with Crippen LogP contribution in [-0.2, 0) is 6.54 Å². The molecule has 100 valence electrons. The topological polar surface area (TPSA) is 33.3 Å². The molecular weight excluding hydrogens is 248 g/mol. The molecule has 1 unspecified atom stereocenters. The van der Waals surface area contributed by atoms with E-state index >= 15 is 0 Å². The lowest BCUT2D eigenvalue weighted by molar-refractivity contribution is 0.340. The molecular formula is C14H21ClN2O. The maximum Gasteiger partial charge on any atom is 0.137 e. The number of hydrogen-bond donors (Lipinski definition) is 2. The lowest BCUT2D eigenvalue weighted by Crippen LogP contribution is -2.24. The number of halogens is 1. The molecule has 4 heteroatoms. The van der Waals surface area contributed by atoms with E-state index in [4.69, 9.17) is 16.3 Å². The molecule has 1 aliphatic rings. The molecule has 3 nitrogen and oxygen atoms in total. The first kappa shape index (κ1) is 13.7. The molecule has 0 saturated carbocycles. The van der Waals surface area contributed by atoms with E-state index in [1.54, 1.807) is 0 Å².